The maximum absolute atomic E-state index is 12.4. The minimum atomic E-state index is -0.712. The third kappa shape index (κ3) is 6.11. The minimum Gasteiger partial charge on any atom is -0.493 e. The van der Waals surface area contributed by atoms with E-state index >= 15 is 0 Å². The van der Waals surface area contributed by atoms with E-state index in [4.69, 9.17) is 14.2 Å². The fourth-order valence-electron chi connectivity index (χ4n) is 2.97. The molecule has 0 aliphatic rings. The number of amides is 1. The molecular weight excluding hydrogens is 472 g/mol. The van der Waals surface area contributed by atoms with Crippen molar-refractivity contribution in [1.82, 2.24) is 5.43 Å². The number of hydrogen-bond donors (Lipinski definition) is 1. The second kappa shape index (κ2) is 11.3. The molecule has 7 heteroatoms. The van der Waals surface area contributed by atoms with E-state index in [-0.39, 0.29) is 5.91 Å². The van der Waals surface area contributed by atoms with E-state index in [9.17, 15) is 4.79 Å². The summed E-state index contributed by atoms with van der Waals surface area (Å²) in [7, 11) is 1.57. The fourth-order valence-corrected chi connectivity index (χ4v) is 3.55. The highest BCUT2D eigenvalue weighted by molar-refractivity contribution is 9.10. The van der Waals surface area contributed by atoms with Gasteiger partial charge < -0.3 is 14.2 Å². The molecule has 0 spiro atoms. The third-order valence-electron chi connectivity index (χ3n) is 4.57. The van der Waals surface area contributed by atoms with Gasteiger partial charge in [0.05, 0.1) is 24.4 Å². The standard InChI is InChI=1S/C25H25BrN2O4/c1-4-31-24-22(26)14-18(15-23(24)30-3)16-27-28-25(29)17(2)32-21-12-10-20(11-13-21)19-8-6-5-7-9-19/h5-17H,4H2,1-3H3,(H,28,29)/b27-16-/t17-/m0/s1. The highest BCUT2D eigenvalue weighted by Crippen LogP contribution is 2.36. The molecule has 6 nitrogen and oxygen atoms in total. The second-order valence-corrected chi connectivity index (χ2v) is 7.71. The van der Waals surface area contributed by atoms with E-state index in [2.05, 4.69) is 26.5 Å². The van der Waals surface area contributed by atoms with Gasteiger partial charge in [-0.2, -0.15) is 5.10 Å². The summed E-state index contributed by atoms with van der Waals surface area (Å²) in [5.41, 5.74) is 5.44. The van der Waals surface area contributed by atoms with Crippen molar-refractivity contribution in [1.29, 1.82) is 0 Å². The van der Waals surface area contributed by atoms with E-state index in [0.29, 0.717) is 23.9 Å². The molecule has 0 radical (unpaired) electrons. The molecule has 0 unspecified atom stereocenters. The first-order chi connectivity index (χ1) is 15.5. The van der Waals surface area contributed by atoms with Crippen molar-refractivity contribution in [3.05, 3.63) is 76.8 Å². The van der Waals surface area contributed by atoms with Crippen LogP contribution in [0.5, 0.6) is 17.2 Å². The Morgan fingerprint density at radius 1 is 1.09 bits per heavy atom. The van der Waals surface area contributed by atoms with Crippen LogP contribution in [0.1, 0.15) is 19.4 Å². The lowest BCUT2D eigenvalue weighted by molar-refractivity contribution is -0.127. The summed E-state index contributed by atoms with van der Waals surface area (Å²) < 4.78 is 17.4. The monoisotopic (exact) mass is 496 g/mol. The number of carbonyl (C=O) groups excluding carboxylic acids is 1. The topological polar surface area (TPSA) is 69.2 Å². The van der Waals surface area contributed by atoms with E-state index in [1.807, 2.05) is 67.6 Å². The number of benzene rings is 3. The smallest absolute Gasteiger partial charge is 0.280 e. The average Bonchev–Trinajstić information content (AvgIpc) is 2.81. The Morgan fingerprint density at radius 3 is 2.44 bits per heavy atom. The van der Waals surface area contributed by atoms with Gasteiger partial charge in [0, 0.05) is 0 Å². The van der Waals surface area contributed by atoms with Crippen LogP contribution in [0.15, 0.2) is 76.3 Å². The molecule has 3 rings (SSSR count). The number of nitrogens with one attached hydrogen (secondary N) is 1. The van der Waals surface area contributed by atoms with Gasteiger partial charge in [-0.1, -0.05) is 42.5 Å². The molecular formula is C25H25BrN2O4. The van der Waals surface area contributed by atoms with Gasteiger partial charge in [-0.15, -0.1) is 0 Å². The van der Waals surface area contributed by atoms with Crippen molar-refractivity contribution in [2.45, 2.75) is 20.0 Å². The van der Waals surface area contributed by atoms with Crippen LogP contribution in [0.3, 0.4) is 0 Å². The van der Waals surface area contributed by atoms with Gasteiger partial charge in [0.25, 0.3) is 5.91 Å². The van der Waals surface area contributed by atoms with Crippen LogP contribution in [0, 0.1) is 0 Å². The number of methoxy groups -OCH3 is 1. The van der Waals surface area contributed by atoms with E-state index < -0.39 is 6.10 Å². The molecule has 3 aromatic carbocycles. The van der Waals surface area contributed by atoms with Crippen molar-refractivity contribution < 1.29 is 19.0 Å². The number of hydrogen-bond acceptors (Lipinski definition) is 5. The van der Waals surface area contributed by atoms with Crippen LogP contribution in [-0.2, 0) is 4.79 Å². The highest BCUT2D eigenvalue weighted by atomic mass is 79.9. The predicted octanol–water partition coefficient (Wildman–Crippen LogP) is 5.44. The Balaban J connectivity index is 1.58. The molecule has 0 heterocycles. The van der Waals surface area contributed by atoms with Crippen LogP contribution < -0.4 is 19.6 Å². The molecule has 0 saturated heterocycles. The molecule has 1 atom stereocenters. The Labute approximate surface area is 196 Å². The first-order valence-electron chi connectivity index (χ1n) is 10.2. The summed E-state index contributed by atoms with van der Waals surface area (Å²) >= 11 is 3.47. The maximum atomic E-state index is 12.4. The fraction of sp³-hybridized carbons (Fsp3) is 0.200. The molecule has 0 bridgehead atoms. The van der Waals surface area contributed by atoms with Gasteiger partial charge in [-0.3, -0.25) is 4.79 Å². The van der Waals surface area contributed by atoms with Crippen molar-refractivity contribution >= 4 is 28.1 Å². The number of hydrazone groups is 1. The molecule has 166 valence electrons. The van der Waals surface area contributed by atoms with Crippen molar-refractivity contribution in [3.63, 3.8) is 0 Å². The van der Waals surface area contributed by atoms with Gasteiger partial charge in [0.2, 0.25) is 0 Å². The molecule has 1 N–H and O–H groups in total. The van der Waals surface area contributed by atoms with E-state index in [1.165, 1.54) is 6.21 Å². The first-order valence-corrected chi connectivity index (χ1v) is 11.0. The van der Waals surface area contributed by atoms with Crippen molar-refractivity contribution in [2.75, 3.05) is 13.7 Å². The zero-order chi connectivity index (χ0) is 22.9. The highest BCUT2D eigenvalue weighted by Gasteiger charge is 2.14. The SMILES string of the molecule is CCOc1c(Br)cc(/C=N\NC(=O)[C@H](C)Oc2ccc(-c3ccccc3)cc2)cc1OC. The molecule has 0 fully saturated rings. The van der Waals surface area contributed by atoms with Crippen LogP contribution in [-0.4, -0.2) is 31.9 Å². The zero-order valence-electron chi connectivity index (χ0n) is 18.2. The molecule has 3 aromatic rings. The normalized spacial score (nSPS) is 11.8. The summed E-state index contributed by atoms with van der Waals surface area (Å²) in [6.07, 6.45) is 0.818. The zero-order valence-corrected chi connectivity index (χ0v) is 19.8. The van der Waals surface area contributed by atoms with Gasteiger partial charge in [0.1, 0.15) is 5.75 Å². The number of rotatable bonds is 9. The Kier molecular flexibility index (Phi) is 8.27. The number of halogens is 1. The van der Waals surface area contributed by atoms with Crippen LogP contribution in [0.4, 0.5) is 0 Å². The lowest BCUT2D eigenvalue weighted by Crippen LogP contribution is -2.33. The quantitative estimate of drug-likeness (QED) is 0.316. The summed E-state index contributed by atoms with van der Waals surface area (Å²) in [5, 5.41) is 4.03. The average molecular weight is 497 g/mol. The molecule has 0 aromatic heterocycles. The Hall–Kier alpha value is -3.32. The van der Waals surface area contributed by atoms with Crippen molar-refractivity contribution in [2.24, 2.45) is 5.10 Å². The van der Waals surface area contributed by atoms with E-state index in [1.54, 1.807) is 20.1 Å². The van der Waals surface area contributed by atoms with Crippen molar-refractivity contribution in [3.8, 4) is 28.4 Å². The minimum absolute atomic E-state index is 0.356. The first kappa shape index (κ1) is 23.3. The number of carbonyl (C=O) groups is 1. The van der Waals surface area contributed by atoms with E-state index in [0.717, 1.165) is 21.2 Å². The second-order valence-electron chi connectivity index (χ2n) is 6.85. The molecule has 1 amide bonds. The predicted molar refractivity (Wildman–Crippen MR) is 130 cm³/mol. The van der Waals surface area contributed by atoms with Gasteiger partial charge in [-0.25, -0.2) is 5.43 Å². The van der Waals surface area contributed by atoms with Crippen LogP contribution in [0.2, 0.25) is 0 Å². The molecule has 0 saturated carbocycles. The largest absolute Gasteiger partial charge is 0.493 e. The molecule has 0 aliphatic carbocycles. The maximum Gasteiger partial charge on any atom is 0.280 e. The number of nitrogens with zero attached hydrogens (tertiary/aromatic N) is 1. The van der Waals surface area contributed by atoms with Crippen LogP contribution >= 0.6 is 15.9 Å². The summed E-state index contributed by atoms with van der Waals surface area (Å²) in [6.45, 7) is 4.09. The molecule has 0 aliphatic heterocycles. The third-order valence-corrected chi connectivity index (χ3v) is 5.16. The Bertz CT molecular complexity index is 1070. The molecule has 32 heavy (non-hydrogen) atoms. The van der Waals surface area contributed by atoms with Crippen LogP contribution in [0.25, 0.3) is 11.1 Å². The Morgan fingerprint density at radius 2 is 1.78 bits per heavy atom. The van der Waals surface area contributed by atoms with Gasteiger partial charge in [0.15, 0.2) is 17.6 Å². The van der Waals surface area contributed by atoms with Gasteiger partial charge in [-0.05, 0) is 70.7 Å². The summed E-state index contributed by atoms with van der Waals surface area (Å²) in [4.78, 5) is 12.4. The lowest BCUT2D eigenvalue weighted by Gasteiger charge is -2.13. The summed E-state index contributed by atoms with van der Waals surface area (Å²) in [5.74, 6) is 1.45. The lowest BCUT2D eigenvalue weighted by atomic mass is 10.1. The summed E-state index contributed by atoms with van der Waals surface area (Å²) in [6, 6.07) is 21.3. The van der Waals surface area contributed by atoms with Gasteiger partial charge >= 0.3 is 0 Å². The number of ether oxygens (including phenoxy) is 3.